The lowest BCUT2D eigenvalue weighted by Crippen LogP contribution is -2.07. The summed E-state index contributed by atoms with van der Waals surface area (Å²) in [5.41, 5.74) is 0.0364. The molecular formula is C7H9NO3. The summed E-state index contributed by atoms with van der Waals surface area (Å²) in [5.74, 6) is -0.745. The summed E-state index contributed by atoms with van der Waals surface area (Å²) >= 11 is 0. The number of aliphatic hydroxyl groups is 1. The van der Waals surface area contributed by atoms with Crippen molar-refractivity contribution in [2.24, 2.45) is 0 Å². The van der Waals surface area contributed by atoms with Crippen molar-refractivity contribution < 1.29 is 14.6 Å². The number of cyclic esters (lactones) is 1. The quantitative estimate of drug-likeness (QED) is 0.434. The highest BCUT2D eigenvalue weighted by Crippen LogP contribution is 2.20. The Hall–Kier alpha value is -1.32. The van der Waals surface area contributed by atoms with E-state index in [2.05, 4.69) is 4.74 Å². The van der Waals surface area contributed by atoms with Crippen molar-refractivity contribution >= 4 is 11.7 Å². The molecule has 1 heterocycles. The second kappa shape index (κ2) is 2.38. The van der Waals surface area contributed by atoms with Gasteiger partial charge in [0.15, 0.2) is 6.10 Å². The van der Waals surface area contributed by atoms with Crippen molar-refractivity contribution in [3.8, 4) is 0 Å². The molecule has 0 aromatic heterocycles. The Labute approximate surface area is 64.0 Å². The highest BCUT2D eigenvalue weighted by molar-refractivity contribution is 6.19. The molecule has 1 rings (SSSR count). The summed E-state index contributed by atoms with van der Waals surface area (Å²) in [6, 6.07) is 0. The standard InChI is InChI=1S/C7H9NO3/c1-3(8)5-6(9)4(2)11-7(5)10/h4,8-9H,1-2H3. The average Bonchev–Trinajstić information content (AvgIpc) is 2.07. The minimum Gasteiger partial charge on any atom is -0.507 e. The Kier molecular flexibility index (Phi) is 1.68. The minimum absolute atomic E-state index is 0.00231. The van der Waals surface area contributed by atoms with Crippen LogP contribution in [0, 0.1) is 5.41 Å². The number of hydrogen-bond acceptors (Lipinski definition) is 4. The topological polar surface area (TPSA) is 70.4 Å². The van der Waals surface area contributed by atoms with E-state index in [0.717, 1.165) is 0 Å². The molecule has 1 unspecified atom stereocenters. The van der Waals surface area contributed by atoms with Crippen LogP contribution in [0.3, 0.4) is 0 Å². The van der Waals surface area contributed by atoms with Crippen molar-refractivity contribution in [3.05, 3.63) is 11.3 Å². The van der Waals surface area contributed by atoms with Crippen LogP contribution in [0.4, 0.5) is 0 Å². The van der Waals surface area contributed by atoms with E-state index in [1.165, 1.54) is 6.92 Å². The van der Waals surface area contributed by atoms with E-state index < -0.39 is 12.1 Å². The Morgan fingerprint density at radius 3 is 2.45 bits per heavy atom. The molecule has 1 atom stereocenters. The highest BCUT2D eigenvalue weighted by atomic mass is 16.6. The summed E-state index contributed by atoms with van der Waals surface area (Å²) in [7, 11) is 0. The number of esters is 1. The Balaban J connectivity index is 3.07. The molecule has 0 bridgehead atoms. The van der Waals surface area contributed by atoms with Crippen molar-refractivity contribution in [2.45, 2.75) is 20.0 Å². The van der Waals surface area contributed by atoms with Crippen LogP contribution >= 0.6 is 0 Å². The lowest BCUT2D eigenvalue weighted by Gasteiger charge is -1.99. The molecule has 0 saturated heterocycles. The van der Waals surface area contributed by atoms with Crippen LogP contribution in [0.1, 0.15) is 13.8 Å². The number of nitrogens with one attached hydrogen (secondary N) is 1. The second-order valence-electron chi connectivity index (χ2n) is 2.43. The monoisotopic (exact) mass is 155 g/mol. The number of rotatable bonds is 1. The first-order valence-corrected chi connectivity index (χ1v) is 3.23. The summed E-state index contributed by atoms with van der Waals surface area (Å²) in [6.45, 7) is 2.99. The van der Waals surface area contributed by atoms with Gasteiger partial charge in [-0.05, 0) is 13.8 Å². The van der Waals surface area contributed by atoms with E-state index in [-0.39, 0.29) is 17.0 Å². The fourth-order valence-electron chi connectivity index (χ4n) is 0.928. The molecule has 0 aromatic rings. The van der Waals surface area contributed by atoms with Gasteiger partial charge in [-0.3, -0.25) is 0 Å². The van der Waals surface area contributed by atoms with E-state index in [1.54, 1.807) is 6.92 Å². The molecule has 0 saturated carbocycles. The third kappa shape index (κ3) is 1.11. The van der Waals surface area contributed by atoms with Gasteiger partial charge in [-0.1, -0.05) is 0 Å². The summed E-state index contributed by atoms with van der Waals surface area (Å²) in [5, 5.41) is 16.3. The predicted octanol–water partition coefficient (Wildman–Crippen LogP) is 0.783. The van der Waals surface area contributed by atoms with Gasteiger partial charge in [0, 0.05) is 5.71 Å². The van der Waals surface area contributed by atoms with Gasteiger partial charge in [0.05, 0.1) is 0 Å². The molecule has 0 fully saturated rings. The molecule has 0 amide bonds. The van der Waals surface area contributed by atoms with E-state index in [0.29, 0.717) is 0 Å². The van der Waals surface area contributed by atoms with Crippen LogP contribution in [0.5, 0.6) is 0 Å². The minimum atomic E-state index is -0.609. The highest BCUT2D eigenvalue weighted by Gasteiger charge is 2.31. The Bertz CT molecular complexity index is 254. The average molecular weight is 155 g/mol. The van der Waals surface area contributed by atoms with Crippen molar-refractivity contribution in [1.29, 1.82) is 5.41 Å². The fourth-order valence-corrected chi connectivity index (χ4v) is 0.928. The number of hydrogen-bond donors (Lipinski definition) is 2. The molecule has 0 aliphatic carbocycles. The lowest BCUT2D eigenvalue weighted by atomic mass is 10.1. The zero-order valence-electron chi connectivity index (χ0n) is 6.34. The van der Waals surface area contributed by atoms with Crippen LogP contribution in [-0.4, -0.2) is 22.9 Å². The zero-order chi connectivity index (χ0) is 8.59. The van der Waals surface area contributed by atoms with Gasteiger partial charge < -0.3 is 15.3 Å². The van der Waals surface area contributed by atoms with Crippen LogP contribution in [0.2, 0.25) is 0 Å². The first-order valence-electron chi connectivity index (χ1n) is 3.23. The van der Waals surface area contributed by atoms with E-state index >= 15 is 0 Å². The third-order valence-electron chi connectivity index (χ3n) is 1.50. The maximum atomic E-state index is 10.9. The first-order chi connectivity index (χ1) is 5.04. The lowest BCUT2D eigenvalue weighted by molar-refractivity contribution is -0.139. The van der Waals surface area contributed by atoms with Crippen molar-refractivity contribution in [3.63, 3.8) is 0 Å². The molecule has 11 heavy (non-hydrogen) atoms. The van der Waals surface area contributed by atoms with Gasteiger partial charge in [-0.15, -0.1) is 0 Å². The Morgan fingerprint density at radius 2 is 2.27 bits per heavy atom. The van der Waals surface area contributed by atoms with Gasteiger partial charge in [0.1, 0.15) is 11.3 Å². The fraction of sp³-hybridized carbons (Fsp3) is 0.429. The van der Waals surface area contributed by atoms with E-state index in [9.17, 15) is 9.90 Å². The van der Waals surface area contributed by atoms with Crippen LogP contribution in [-0.2, 0) is 9.53 Å². The molecule has 1 aliphatic rings. The molecule has 4 heteroatoms. The maximum Gasteiger partial charge on any atom is 0.344 e. The zero-order valence-corrected chi connectivity index (χ0v) is 6.34. The van der Waals surface area contributed by atoms with Crippen molar-refractivity contribution in [2.75, 3.05) is 0 Å². The molecule has 4 nitrogen and oxygen atoms in total. The van der Waals surface area contributed by atoms with E-state index in [1.807, 2.05) is 0 Å². The molecule has 0 spiro atoms. The number of aliphatic hydroxyl groups excluding tert-OH is 1. The van der Waals surface area contributed by atoms with Crippen LogP contribution in [0.15, 0.2) is 11.3 Å². The van der Waals surface area contributed by atoms with Crippen LogP contribution < -0.4 is 0 Å². The van der Waals surface area contributed by atoms with Crippen LogP contribution in [0.25, 0.3) is 0 Å². The number of carbonyl (C=O) groups is 1. The summed E-state index contributed by atoms with van der Waals surface area (Å²) in [4.78, 5) is 10.9. The first kappa shape index (κ1) is 7.78. The maximum absolute atomic E-state index is 10.9. The van der Waals surface area contributed by atoms with Gasteiger partial charge in [0.2, 0.25) is 0 Å². The number of ether oxygens (including phenoxy) is 1. The smallest absolute Gasteiger partial charge is 0.344 e. The van der Waals surface area contributed by atoms with Gasteiger partial charge in [0.25, 0.3) is 0 Å². The predicted molar refractivity (Wildman–Crippen MR) is 38.6 cm³/mol. The largest absolute Gasteiger partial charge is 0.507 e. The Morgan fingerprint density at radius 1 is 1.73 bits per heavy atom. The van der Waals surface area contributed by atoms with E-state index in [4.69, 9.17) is 5.41 Å². The second-order valence-corrected chi connectivity index (χ2v) is 2.43. The molecule has 60 valence electrons. The van der Waals surface area contributed by atoms with Gasteiger partial charge >= 0.3 is 5.97 Å². The molecular weight excluding hydrogens is 146 g/mol. The molecule has 1 aliphatic heterocycles. The number of carbonyl (C=O) groups excluding carboxylic acids is 1. The summed E-state index contributed by atoms with van der Waals surface area (Å²) < 4.78 is 4.64. The van der Waals surface area contributed by atoms with Gasteiger partial charge in [-0.25, -0.2) is 4.79 Å². The molecule has 2 N–H and O–H groups in total. The molecule has 0 radical (unpaired) electrons. The SMILES string of the molecule is CC(=N)C1=C(O)C(C)OC1=O. The van der Waals surface area contributed by atoms with Crippen molar-refractivity contribution in [1.82, 2.24) is 0 Å². The third-order valence-corrected chi connectivity index (χ3v) is 1.50. The normalized spacial score (nSPS) is 23.8. The molecule has 0 aromatic carbocycles. The van der Waals surface area contributed by atoms with Gasteiger partial charge in [-0.2, -0.15) is 0 Å². The summed E-state index contributed by atoms with van der Waals surface area (Å²) in [6.07, 6.45) is -0.599.